The van der Waals surface area contributed by atoms with Crippen LogP contribution < -0.4 is 10.1 Å². The molecular weight excluding hydrogens is 218 g/mol. The Balaban J connectivity index is 2.54. The number of benzene rings is 1. The summed E-state index contributed by atoms with van der Waals surface area (Å²) in [6, 6.07) is 7.14. The van der Waals surface area contributed by atoms with Gasteiger partial charge in [-0.3, -0.25) is 4.79 Å². The molecule has 1 amide bonds. The minimum atomic E-state index is -0.233. The van der Waals surface area contributed by atoms with Crippen LogP contribution in [0.2, 0.25) is 0 Å². The second-order valence-corrected chi connectivity index (χ2v) is 3.70. The summed E-state index contributed by atoms with van der Waals surface area (Å²) in [5, 5.41) is 11.4. The molecule has 0 radical (unpaired) electrons. The van der Waals surface area contributed by atoms with Crippen molar-refractivity contribution in [3.05, 3.63) is 35.9 Å². The van der Waals surface area contributed by atoms with Gasteiger partial charge in [-0.15, -0.1) is 0 Å². The van der Waals surface area contributed by atoms with Crippen LogP contribution in [0.15, 0.2) is 30.3 Å². The first-order valence-corrected chi connectivity index (χ1v) is 5.39. The van der Waals surface area contributed by atoms with E-state index in [0.717, 1.165) is 11.3 Å². The first-order chi connectivity index (χ1) is 8.15. The number of hydrogen-bond acceptors (Lipinski definition) is 3. The molecule has 0 fully saturated rings. The largest absolute Gasteiger partial charge is 0.497 e. The van der Waals surface area contributed by atoms with Crippen molar-refractivity contribution < 1.29 is 14.6 Å². The SMILES string of the molecule is COc1ccc(/C=C/C(=O)NC(C)CO)cc1. The van der Waals surface area contributed by atoms with Gasteiger partial charge in [0.1, 0.15) is 5.75 Å². The molecule has 0 aromatic heterocycles. The van der Waals surface area contributed by atoms with Gasteiger partial charge in [0.05, 0.1) is 13.7 Å². The molecule has 0 bridgehead atoms. The molecule has 1 unspecified atom stereocenters. The van der Waals surface area contributed by atoms with E-state index < -0.39 is 0 Å². The van der Waals surface area contributed by atoms with Crippen LogP contribution in [0.4, 0.5) is 0 Å². The summed E-state index contributed by atoms with van der Waals surface area (Å²) in [7, 11) is 1.61. The second kappa shape index (κ2) is 6.70. The Morgan fingerprint density at radius 1 is 1.47 bits per heavy atom. The molecule has 0 saturated carbocycles. The molecule has 0 heterocycles. The maximum atomic E-state index is 11.4. The molecule has 1 atom stereocenters. The highest BCUT2D eigenvalue weighted by molar-refractivity contribution is 5.91. The summed E-state index contributed by atoms with van der Waals surface area (Å²) in [6.45, 7) is 1.67. The van der Waals surface area contributed by atoms with Crippen molar-refractivity contribution in [1.82, 2.24) is 5.32 Å². The molecule has 17 heavy (non-hydrogen) atoms. The van der Waals surface area contributed by atoms with Crippen LogP contribution in [0.3, 0.4) is 0 Å². The van der Waals surface area contributed by atoms with E-state index in [1.54, 1.807) is 20.1 Å². The van der Waals surface area contributed by atoms with Gasteiger partial charge in [0, 0.05) is 12.1 Å². The fraction of sp³-hybridized carbons (Fsp3) is 0.308. The number of aliphatic hydroxyl groups is 1. The second-order valence-electron chi connectivity index (χ2n) is 3.70. The van der Waals surface area contributed by atoms with Crippen molar-refractivity contribution in [2.45, 2.75) is 13.0 Å². The first-order valence-electron chi connectivity index (χ1n) is 5.39. The van der Waals surface area contributed by atoms with Gasteiger partial charge in [-0.1, -0.05) is 12.1 Å². The van der Waals surface area contributed by atoms with Gasteiger partial charge in [0.15, 0.2) is 0 Å². The molecule has 1 aromatic carbocycles. The number of ether oxygens (including phenoxy) is 1. The zero-order valence-corrected chi connectivity index (χ0v) is 10.0. The van der Waals surface area contributed by atoms with E-state index in [2.05, 4.69) is 5.32 Å². The van der Waals surface area contributed by atoms with Crippen LogP contribution in [0.5, 0.6) is 5.75 Å². The van der Waals surface area contributed by atoms with Crippen molar-refractivity contribution in [3.8, 4) is 5.75 Å². The fourth-order valence-electron chi connectivity index (χ4n) is 1.22. The zero-order valence-electron chi connectivity index (χ0n) is 10.0. The Bertz CT molecular complexity index is 384. The van der Waals surface area contributed by atoms with Crippen molar-refractivity contribution in [3.63, 3.8) is 0 Å². The molecule has 0 aliphatic rings. The lowest BCUT2D eigenvalue weighted by atomic mass is 10.2. The van der Waals surface area contributed by atoms with Crippen LogP contribution in [0.25, 0.3) is 6.08 Å². The number of amides is 1. The Labute approximate surface area is 101 Å². The molecular formula is C13H17NO3. The summed E-state index contributed by atoms with van der Waals surface area (Å²) in [5.41, 5.74) is 0.914. The topological polar surface area (TPSA) is 58.6 Å². The van der Waals surface area contributed by atoms with Gasteiger partial charge < -0.3 is 15.2 Å². The molecule has 1 aromatic rings. The van der Waals surface area contributed by atoms with Crippen molar-refractivity contribution >= 4 is 12.0 Å². The minimum absolute atomic E-state index is 0.0673. The molecule has 0 spiro atoms. The lowest BCUT2D eigenvalue weighted by molar-refractivity contribution is -0.117. The van der Waals surface area contributed by atoms with E-state index >= 15 is 0 Å². The number of hydrogen-bond donors (Lipinski definition) is 2. The monoisotopic (exact) mass is 235 g/mol. The standard InChI is InChI=1S/C13H17NO3/c1-10(9-15)14-13(16)8-5-11-3-6-12(17-2)7-4-11/h3-8,10,15H,9H2,1-2H3,(H,14,16)/b8-5+. The highest BCUT2D eigenvalue weighted by atomic mass is 16.5. The van der Waals surface area contributed by atoms with Gasteiger partial charge in [0.2, 0.25) is 5.91 Å². The normalized spacial score (nSPS) is 12.4. The smallest absolute Gasteiger partial charge is 0.244 e. The van der Waals surface area contributed by atoms with Gasteiger partial charge in [-0.05, 0) is 30.7 Å². The summed E-state index contributed by atoms with van der Waals surface area (Å²) in [6.07, 6.45) is 3.15. The maximum Gasteiger partial charge on any atom is 0.244 e. The maximum absolute atomic E-state index is 11.4. The Hall–Kier alpha value is -1.81. The van der Waals surface area contributed by atoms with Gasteiger partial charge in [0.25, 0.3) is 0 Å². The van der Waals surface area contributed by atoms with Crippen LogP contribution in [-0.2, 0) is 4.79 Å². The van der Waals surface area contributed by atoms with Gasteiger partial charge >= 0.3 is 0 Å². The lowest BCUT2D eigenvalue weighted by Crippen LogP contribution is -2.33. The number of carbonyl (C=O) groups is 1. The summed E-state index contributed by atoms with van der Waals surface area (Å²) in [5.74, 6) is 0.558. The summed E-state index contributed by atoms with van der Waals surface area (Å²) in [4.78, 5) is 11.4. The molecule has 1 rings (SSSR count). The number of nitrogens with one attached hydrogen (secondary N) is 1. The predicted molar refractivity (Wildman–Crippen MR) is 66.7 cm³/mol. The summed E-state index contributed by atoms with van der Waals surface area (Å²) >= 11 is 0. The molecule has 4 nitrogen and oxygen atoms in total. The van der Waals surface area contributed by atoms with E-state index in [1.165, 1.54) is 6.08 Å². The van der Waals surface area contributed by atoms with Crippen LogP contribution in [0.1, 0.15) is 12.5 Å². The quantitative estimate of drug-likeness (QED) is 0.754. The number of methoxy groups -OCH3 is 1. The zero-order chi connectivity index (χ0) is 12.7. The van der Waals surface area contributed by atoms with Crippen LogP contribution in [0, 0.1) is 0 Å². The number of carbonyl (C=O) groups excluding carboxylic acids is 1. The highest BCUT2D eigenvalue weighted by Gasteiger charge is 2.01. The van der Waals surface area contributed by atoms with Gasteiger partial charge in [-0.2, -0.15) is 0 Å². The molecule has 0 saturated heterocycles. The molecule has 2 N–H and O–H groups in total. The summed E-state index contributed by atoms with van der Waals surface area (Å²) < 4.78 is 5.03. The number of aliphatic hydroxyl groups excluding tert-OH is 1. The molecule has 0 aliphatic heterocycles. The average molecular weight is 235 g/mol. The van der Waals surface area contributed by atoms with E-state index in [0.29, 0.717) is 0 Å². The highest BCUT2D eigenvalue weighted by Crippen LogP contribution is 2.12. The average Bonchev–Trinajstić information content (AvgIpc) is 2.36. The Morgan fingerprint density at radius 2 is 2.12 bits per heavy atom. The Kier molecular flexibility index (Phi) is 5.23. The van der Waals surface area contributed by atoms with Crippen LogP contribution >= 0.6 is 0 Å². The number of rotatable bonds is 5. The van der Waals surface area contributed by atoms with E-state index in [9.17, 15) is 4.79 Å². The van der Waals surface area contributed by atoms with Gasteiger partial charge in [-0.25, -0.2) is 0 Å². The van der Waals surface area contributed by atoms with Crippen molar-refractivity contribution in [2.24, 2.45) is 0 Å². The third-order valence-electron chi connectivity index (χ3n) is 2.21. The molecule has 4 heteroatoms. The van der Waals surface area contributed by atoms with E-state index in [1.807, 2.05) is 24.3 Å². The molecule has 92 valence electrons. The predicted octanol–water partition coefficient (Wildman–Crippen LogP) is 1.21. The van der Waals surface area contributed by atoms with Crippen molar-refractivity contribution in [1.29, 1.82) is 0 Å². The fourth-order valence-corrected chi connectivity index (χ4v) is 1.22. The van der Waals surface area contributed by atoms with E-state index in [-0.39, 0.29) is 18.6 Å². The first kappa shape index (κ1) is 13.3. The minimum Gasteiger partial charge on any atom is -0.497 e. The van der Waals surface area contributed by atoms with Crippen molar-refractivity contribution in [2.75, 3.05) is 13.7 Å². The third kappa shape index (κ3) is 4.70. The third-order valence-corrected chi connectivity index (χ3v) is 2.21. The lowest BCUT2D eigenvalue weighted by Gasteiger charge is -2.07. The molecule has 0 aliphatic carbocycles. The Morgan fingerprint density at radius 3 is 2.65 bits per heavy atom. The van der Waals surface area contributed by atoms with E-state index in [4.69, 9.17) is 9.84 Å². The van der Waals surface area contributed by atoms with Crippen LogP contribution in [-0.4, -0.2) is 30.8 Å².